The third-order valence-corrected chi connectivity index (χ3v) is 4.95. The molecule has 0 amide bonds. The van der Waals surface area contributed by atoms with Crippen LogP contribution < -0.4 is 4.74 Å². The maximum atomic E-state index is 12.5. The molecule has 0 spiro atoms. The van der Waals surface area contributed by atoms with Crippen LogP contribution in [0.3, 0.4) is 0 Å². The lowest BCUT2D eigenvalue weighted by molar-refractivity contribution is 0.0319. The van der Waals surface area contributed by atoms with Gasteiger partial charge in [-0.1, -0.05) is 36.3 Å². The first-order chi connectivity index (χ1) is 14.4. The molecule has 0 unspecified atom stereocenters. The smallest absolute Gasteiger partial charge is 0.338 e. The average molecular weight is 407 g/mol. The number of hydrogen-bond acceptors (Lipinski definition) is 6. The molecular formula is C24H25NO5. The largest absolute Gasteiger partial charge is 0.489 e. The fraction of sp³-hybridized carbons (Fsp3) is 0.292. The van der Waals surface area contributed by atoms with Gasteiger partial charge in [0.05, 0.1) is 16.8 Å². The molecule has 0 aliphatic heterocycles. The normalized spacial score (nSPS) is 11.7. The van der Waals surface area contributed by atoms with Crippen molar-refractivity contribution in [1.29, 1.82) is 0 Å². The Morgan fingerprint density at radius 2 is 1.63 bits per heavy atom. The van der Waals surface area contributed by atoms with Crippen molar-refractivity contribution in [2.24, 2.45) is 0 Å². The van der Waals surface area contributed by atoms with Crippen molar-refractivity contribution in [3.8, 4) is 5.75 Å². The van der Waals surface area contributed by atoms with E-state index in [1.54, 1.807) is 43.3 Å². The van der Waals surface area contributed by atoms with Crippen LogP contribution in [0.15, 0.2) is 53.1 Å². The molecule has 0 N–H and O–H groups in total. The highest BCUT2D eigenvalue weighted by molar-refractivity contribution is 6.01. The van der Waals surface area contributed by atoms with Gasteiger partial charge in [0, 0.05) is 5.56 Å². The van der Waals surface area contributed by atoms with E-state index >= 15 is 0 Å². The molecule has 1 heterocycles. The summed E-state index contributed by atoms with van der Waals surface area (Å²) in [5, 5.41) is 3.89. The number of rotatable bonds is 8. The first kappa shape index (κ1) is 21.3. The van der Waals surface area contributed by atoms with Gasteiger partial charge in [0.2, 0.25) is 5.78 Å². The van der Waals surface area contributed by atoms with Crippen molar-refractivity contribution < 1.29 is 23.6 Å². The second kappa shape index (κ2) is 9.39. The summed E-state index contributed by atoms with van der Waals surface area (Å²) in [5.41, 5.74) is 3.71. The van der Waals surface area contributed by atoms with Crippen LogP contribution in [0.1, 0.15) is 57.1 Å². The van der Waals surface area contributed by atoms with Gasteiger partial charge in [0.1, 0.15) is 18.1 Å². The Morgan fingerprint density at radius 3 is 2.20 bits per heavy atom. The predicted molar refractivity (Wildman–Crippen MR) is 112 cm³/mol. The van der Waals surface area contributed by atoms with Crippen LogP contribution in [0.2, 0.25) is 0 Å². The summed E-state index contributed by atoms with van der Waals surface area (Å²) in [4.78, 5) is 24.9. The van der Waals surface area contributed by atoms with Gasteiger partial charge in [-0.2, -0.15) is 0 Å². The van der Waals surface area contributed by atoms with Crippen molar-refractivity contribution in [1.82, 2.24) is 5.16 Å². The molecule has 0 bridgehead atoms. The zero-order chi connectivity index (χ0) is 21.7. The third-order valence-electron chi connectivity index (χ3n) is 4.95. The summed E-state index contributed by atoms with van der Waals surface area (Å²) in [6.07, 6.45) is 0.0251. The standard InChI is InChI=1S/C24H25NO5/c1-5-18-6-8-19(9-7-18)23(26)17(4)29-24(27)20-10-12-21(13-11-20)28-14-22-15(2)25-30-16(22)3/h6-13,17H,5,14H2,1-4H3/t17-/m0/s1. The Labute approximate surface area is 175 Å². The average Bonchev–Trinajstić information content (AvgIpc) is 3.09. The Balaban J connectivity index is 1.57. The van der Waals surface area contributed by atoms with Gasteiger partial charge in [-0.15, -0.1) is 0 Å². The van der Waals surface area contributed by atoms with Gasteiger partial charge >= 0.3 is 5.97 Å². The number of esters is 1. The minimum atomic E-state index is -0.875. The highest BCUT2D eigenvalue weighted by atomic mass is 16.5. The first-order valence-electron chi connectivity index (χ1n) is 9.87. The van der Waals surface area contributed by atoms with Crippen molar-refractivity contribution in [2.75, 3.05) is 0 Å². The van der Waals surface area contributed by atoms with E-state index in [9.17, 15) is 9.59 Å². The quantitative estimate of drug-likeness (QED) is 0.392. The number of ketones is 1. The molecule has 0 radical (unpaired) electrons. The fourth-order valence-corrected chi connectivity index (χ4v) is 2.97. The molecule has 0 saturated carbocycles. The van der Waals surface area contributed by atoms with Crippen LogP contribution >= 0.6 is 0 Å². The lowest BCUT2D eigenvalue weighted by atomic mass is 10.0. The number of carbonyl (C=O) groups excluding carboxylic acids is 2. The van der Waals surface area contributed by atoms with E-state index in [2.05, 4.69) is 5.16 Å². The molecule has 2 aromatic carbocycles. The van der Waals surface area contributed by atoms with Crippen LogP contribution in [0.25, 0.3) is 0 Å². The minimum Gasteiger partial charge on any atom is -0.489 e. The van der Waals surface area contributed by atoms with E-state index < -0.39 is 12.1 Å². The van der Waals surface area contributed by atoms with Gasteiger partial charge in [-0.25, -0.2) is 4.79 Å². The highest BCUT2D eigenvalue weighted by Crippen LogP contribution is 2.19. The van der Waals surface area contributed by atoms with Gasteiger partial charge in [0.15, 0.2) is 6.10 Å². The topological polar surface area (TPSA) is 78.6 Å². The molecule has 0 fully saturated rings. The first-order valence-corrected chi connectivity index (χ1v) is 9.87. The van der Waals surface area contributed by atoms with Crippen LogP contribution in [-0.2, 0) is 17.8 Å². The number of hydrogen-bond donors (Lipinski definition) is 0. The van der Waals surface area contributed by atoms with Gasteiger partial charge in [0.25, 0.3) is 0 Å². The number of carbonyl (C=O) groups is 2. The molecule has 30 heavy (non-hydrogen) atoms. The summed E-state index contributed by atoms with van der Waals surface area (Å²) in [6.45, 7) is 7.64. The Bertz CT molecular complexity index is 999. The summed E-state index contributed by atoms with van der Waals surface area (Å²) in [6, 6.07) is 13.9. The van der Waals surface area contributed by atoms with Crippen LogP contribution in [0, 0.1) is 13.8 Å². The van der Waals surface area contributed by atoms with Crippen LogP contribution in [0.5, 0.6) is 5.75 Å². The Hall–Kier alpha value is -3.41. The number of ether oxygens (including phenoxy) is 2. The molecule has 0 saturated heterocycles. The second-order valence-corrected chi connectivity index (χ2v) is 7.08. The predicted octanol–water partition coefficient (Wildman–Crippen LogP) is 4.86. The summed E-state index contributed by atoms with van der Waals surface area (Å²) >= 11 is 0. The molecular weight excluding hydrogens is 382 g/mol. The third kappa shape index (κ3) is 4.95. The van der Waals surface area contributed by atoms with Crippen molar-refractivity contribution in [2.45, 2.75) is 46.8 Å². The maximum absolute atomic E-state index is 12.5. The molecule has 6 nitrogen and oxygen atoms in total. The minimum absolute atomic E-state index is 0.231. The van der Waals surface area contributed by atoms with Crippen LogP contribution in [0.4, 0.5) is 0 Å². The molecule has 0 aliphatic carbocycles. The van der Waals surface area contributed by atoms with E-state index in [1.807, 2.05) is 32.9 Å². The van der Waals surface area contributed by atoms with Crippen molar-refractivity contribution in [3.05, 3.63) is 82.2 Å². The fourth-order valence-electron chi connectivity index (χ4n) is 2.97. The Kier molecular flexibility index (Phi) is 6.67. The summed E-state index contributed by atoms with van der Waals surface area (Å²) < 4.78 is 16.2. The number of benzene rings is 2. The SMILES string of the molecule is CCc1ccc(C(=O)[C@H](C)OC(=O)c2ccc(OCc3c(C)noc3C)cc2)cc1. The number of nitrogens with zero attached hydrogens (tertiary/aromatic N) is 1. The molecule has 3 rings (SSSR count). The van der Waals surface area contributed by atoms with Crippen molar-refractivity contribution in [3.63, 3.8) is 0 Å². The van der Waals surface area contributed by atoms with E-state index in [1.165, 1.54) is 0 Å². The lowest BCUT2D eigenvalue weighted by Crippen LogP contribution is -2.24. The zero-order valence-electron chi connectivity index (χ0n) is 17.6. The molecule has 3 aromatic rings. The lowest BCUT2D eigenvalue weighted by Gasteiger charge is -2.13. The molecule has 1 atom stereocenters. The molecule has 1 aromatic heterocycles. The van der Waals surface area contributed by atoms with Gasteiger partial charge in [-0.3, -0.25) is 4.79 Å². The molecule has 0 aliphatic rings. The number of aromatic nitrogens is 1. The molecule has 156 valence electrons. The summed E-state index contributed by atoms with van der Waals surface area (Å²) in [5.74, 6) is 0.533. The van der Waals surface area contributed by atoms with E-state index in [-0.39, 0.29) is 5.78 Å². The van der Waals surface area contributed by atoms with Gasteiger partial charge < -0.3 is 14.0 Å². The van der Waals surface area contributed by atoms with Crippen LogP contribution in [-0.4, -0.2) is 23.0 Å². The molecule has 6 heteroatoms. The highest BCUT2D eigenvalue weighted by Gasteiger charge is 2.20. The van der Waals surface area contributed by atoms with Crippen molar-refractivity contribution >= 4 is 11.8 Å². The monoisotopic (exact) mass is 407 g/mol. The Morgan fingerprint density at radius 1 is 1.00 bits per heavy atom. The van der Waals surface area contributed by atoms with Gasteiger partial charge in [-0.05, 0) is 57.0 Å². The number of aryl methyl sites for hydroxylation is 3. The van der Waals surface area contributed by atoms with E-state index in [4.69, 9.17) is 14.0 Å². The summed E-state index contributed by atoms with van der Waals surface area (Å²) in [7, 11) is 0. The second-order valence-electron chi connectivity index (χ2n) is 7.08. The van der Waals surface area contributed by atoms with E-state index in [0.29, 0.717) is 23.5 Å². The number of Topliss-reactive ketones (excluding diaryl/α,β-unsaturated/α-hetero) is 1. The zero-order valence-corrected chi connectivity index (χ0v) is 17.6. The maximum Gasteiger partial charge on any atom is 0.338 e. The van der Waals surface area contributed by atoms with E-state index in [0.717, 1.165) is 29.0 Å².